The van der Waals surface area contributed by atoms with Gasteiger partial charge in [-0.2, -0.15) is 0 Å². The van der Waals surface area contributed by atoms with E-state index in [2.05, 4.69) is 22.4 Å². The van der Waals surface area contributed by atoms with E-state index in [1.807, 2.05) is 0 Å². The maximum absolute atomic E-state index is 12.8. The lowest BCUT2D eigenvalue weighted by Crippen LogP contribution is -2.55. The second-order valence-corrected chi connectivity index (χ2v) is 8.46. The Bertz CT molecular complexity index is 555. The number of hydrogen-bond donors (Lipinski definition) is 2. The van der Waals surface area contributed by atoms with Crippen molar-refractivity contribution >= 4 is 27.5 Å². The van der Waals surface area contributed by atoms with Crippen molar-refractivity contribution in [3.05, 3.63) is 0 Å². The number of amides is 1. The standard InChI is InChI=1S/C14H20N4OS/c1-13-3-8-2-9(4-13)6-14(5-8,7-13)10(19)16-12-18-17-11(15)20-12/h8-9H,2-7H2,1H3,(H2,15,17)(H,16,18,19). The summed E-state index contributed by atoms with van der Waals surface area (Å²) in [5.41, 5.74) is 5.78. The summed E-state index contributed by atoms with van der Waals surface area (Å²) >= 11 is 1.24. The van der Waals surface area contributed by atoms with Crippen LogP contribution in [0.1, 0.15) is 45.4 Å². The minimum absolute atomic E-state index is 0.147. The number of anilines is 2. The highest BCUT2D eigenvalue weighted by Crippen LogP contribution is 2.65. The van der Waals surface area contributed by atoms with Crippen molar-refractivity contribution in [1.82, 2.24) is 10.2 Å². The van der Waals surface area contributed by atoms with Crippen LogP contribution in [0.3, 0.4) is 0 Å². The smallest absolute Gasteiger partial charge is 0.232 e. The Hall–Kier alpha value is -1.17. The van der Waals surface area contributed by atoms with Crippen LogP contribution < -0.4 is 11.1 Å². The zero-order valence-electron chi connectivity index (χ0n) is 11.7. The van der Waals surface area contributed by atoms with E-state index < -0.39 is 0 Å². The number of carbonyl (C=O) groups is 1. The first-order chi connectivity index (χ1) is 9.46. The Balaban J connectivity index is 1.59. The third-order valence-electron chi connectivity index (χ3n) is 5.50. The number of aromatic nitrogens is 2. The first-order valence-electron chi connectivity index (χ1n) is 7.37. The average Bonchev–Trinajstić information content (AvgIpc) is 2.71. The molecule has 4 fully saturated rings. The predicted octanol–water partition coefficient (Wildman–Crippen LogP) is 2.67. The first-order valence-corrected chi connectivity index (χ1v) is 8.19. The molecule has 5 rings (SSSR count). The molecular formula is C14H20N4OS. The predicted molar refractivity (Wildman–Crippen MR) is 78.2 cm³/mol. The number of rotatable bonds is 2. The van der Waals surface area contributed by atoms with Crippen LogP contribution in [0, 0.1) is 22.7 Å². The van der Waals surface area contributed by atoms with Gasteiger partial charge >= 0.3 is 0 Å². The van der Waals surface area contributed by atoms with Crippen LogP contribution in [0.2, 0.25) is 0 Å². The van der Waals surface area contributed by atoms with Gasteiger partial charge in [0.25, 0.3) is 0 Å². The zero-order valence-corrected chi connectivity index (χ0v) is 12.5. The van der Waals surface area contributed by atoms with E-state index in [1.54, 1.807) is 0 Å². The lowest BCUT2D eigenvalue weighted by Gasteiger charge is -2.60. The second-order valence-electron chi connectivity index (χ2n) is 7.45. The lowest BCUT2D eigenvalue weighted by molar-refractivity contribution is -0.149. The molecule has 0 aromatic carbocycles. The second kappa shape index (κ2) is 3.93. The molecule has 5 nitrogen and oxygen atoms in total. The van der Waals surface area contributed by atoms with Gasteiger partial charge in [0.15, 0.2) is 0 Å². The summed E-state index contributed by atoms with van der Waals surface area (Å²) in [6, 6.07) is 0. The van der Waals surface area contributed by atoms with Crippen molar-refractivity contribution in [2.45, 2.75) is 45.4 Å². The Morgan fingerprint density at radius 3 is 2.55 bits per heavy atom. The van der Waals surface area contributed by atoms with Crippen LogP contribution in [0.25, 0.3) is 0 Å². The molecule has 108 valence electrons. The van der Waals surface area contributed by atoms with E-state index in [-0.39, 0.29) is 11.3 Å². The summed E-state index contributed by atoms with van der Waals surface area (Å²) in [6.45, 7) is 2.37. The van der Waals surface area contributed by atoms with Crippen molar-refractivity contribution in [1.29, 1.82) is 0 Å². The maximum atomic E-state index is 12.8. The van der Waals surface area contributed by atoms with Gasteiger partial charge in [0.2, 0.25) is 16.2 Å². The number of nitrogen functional groups attached to an aromatic ring is 1. The molecule has 1 heterocycles. The quantitative estimate of drug-likeness (QED) is 0.878. The lowest BCUT2D eigenvalue weighted by atomic mass is 9.44. The molecule has 2 atom stereocenters. The van der Waals surface area contributed by atoms with Crippen molar-refractivity contribution in [2.24, 2.45) is 22.7 Å². The largest absolute Gasteiger partial charge is 0.374 e. The van der Waals surface area contributed by atoms with Gasteiger partial charge in [0.1, 0.15) is 0 Å². The Morgan fingerprint density at radius 2 is 2.00 bits per heavy atom. The van der Waals surface area contributed by atoms with E-state index in [4.69, 9.17) is 5.73 Å². The van der Waals surface area contributed by atoms with Gasteiger partial charge in [-0.15, -0.1) is 10.2 Å². The van der Waals surface area contributed by atoms with E-state index in [0.717, 1.165) is 31.1 Å². The molecule has 4 bridgehead atoms. The molecule has 4 aliphatic carbocycles. The minimum Gasteiger partial charge on any atom is -0.374 e. The Kier molecular flexibility index (Phi) is 2.47. The molecule has 1 amide bonds. The van der Waals surface area contributed by atoms with E-state index in [1.165, 1.54) is 30.6 Å². The number of nitrogens with zero attached hydrogens (tertiary/aromatic N) is 2. The summed E-state index contributed by atoms with van der Waals surface area (Å²) in [5, 5.41) is 11.6. The molecule has 0 saturated heterocycles. The van der Waals surface area contributed by atoms with Crippen molar-refractivity contribution in [3.63, 3.8) is 0 Å². The highest BCUT2D eigenvalue weighted by Gasteiger charge is 2.58. The summed E-state index contributed by atoms with van der Waals surface area (Å²) in [7, 11) is 0. The fourth-order valence-corrected chi connectivity index (χ4v) is 6.01. The molecule has 0 radical (unpaired) electrons. The molecule has 1 aromatic heterocycles. The number of carbonyl (C=O) groups excluding carboxylic acids is 1. The average molecular weight is 292 g/mol. The van der Waals surface area contributed by atoms with E-state index in [0.29, 0.717) is 15.7 Å². The molecule has 20 heavy (non-hydrogen) atoms. The van der Waals surface area contributed by atoms with Crippen LogP contribution >= 0.6 is 11.3 Å². The third-order valence-corrected chi connectivity index (χ3v) is 6.16. The van der Waals surface area contributed by atoms with Gasteiger partial charge in [-0.05, 0) is 55.8 Å². The molecule has 1 aromatic rings. The highest BCUT2D eigenvalue weighted by molar-refractivity contribution is 7.18. The van der Waals surface area contributed by atoms with Crippen molar-refractivity contribution in [2.75, 3.05) is 11.1 Å². The molecule has 0 aliphatic heterocycles. The molecule has 6 heteroatoms. The summed E-state index contributed by atoms with van der Waals surface area (Å²) in [4.78, 5) is 12.8. The van der Waals surface area contributed by atoms with E-state index >= 15 is 0 Å². The normalized spacial score (nSPS) is 41.9. The highest BCUT2D eigenvalue weighted by atomic mass is 32.1. The summed E-state index contributed by atoms with van der Waals surface area (Å²) < 4.78 is 0. The number of nitrogens with one attached hydrogen (secondary N) is 1. The van der Waals surface area contributed by atoms with Crippen LogP contribution in [0.15, 0.2) is 0 Å². The van der Waals surface area contributed by atoms with Crippen LogP contribution in [0.4, 0.5) is 10.3 Å². The Morgan fingerprint density at radius 1 is 1.30 bits per heavy atom. The van der Waals surface area contributed by atoms with Gasteiger partial charge in [-0.3, -0.25) is 10.1 Å². The minimum atomic E-state index is -0.167. The van der Waals surface area contributed by atoms with Gasteiger partial charge in [0, 0.05) is 0 Å². The van der Waals surface area contributed by atoms with Gasteiger partial charge < -0.3 is 5.73 Å². The molecule has 4 saturated carbocycles. The SMILES string of the molecule is CC12CC3CC(C1)CC(C(=O)Nc1nnc(N)s1)(C3)C2. The fraction of sp³-hybridized carbons (Fsp3) is 0.786. The summed E-state index contributed by atoms with van der Waals surface area (Å²) in [6.07, 6.45) is 7.09. The number of hydrogen-bond acceptors (Lipinski definition) is 5. The maximum Gasteiger partial charge on any atom is 0.232 e. The van der Waals surface area contributed by atoms with Gasteiger partial charge in [-0.25, -0.2) is 0 Å². The zero-order chi connectivity index (χ0) is 14.0. The molecule has 0 spiro atoms. The van der Waals surface area contributed by atoms with E-state index in [9.17, 15) is 4.79 Å². The fourth-order valence-electron chi connectivity index (χ4n) is 5.50. The topological polar surface area (TPSA) is 80.9 Å². The molecule has 3 N–H and O–H groups in total. The van der Waals surface area contributed by atoms with Crippen molar-refractivity contribution < 1.29 is 4.79 Å². The Labute approximate surface area is 122 Å². The van der Waals surface area contributed by atoms with Crippen LogP contribution in [-0.2, 0) is 4.79 Å². The number of nitrogens with two attached hydrogens (primary N) is 1. The summed E-state index contributed by atoms with van der Waals surface area (Å²) in [5.74, 6) is 1.63. The van der Waals surface area contributed by atoms with Crippen LogP contribution in [-0.4, -0.2) is 16.1 Å². The first kappa shape index (κ1) is 12.6. The molecule has 4 aliphatic rings. The third kappa shape index (κ3) is 1.84. The molecular weight excluding hydrogens is 272 g/mol. The van der Waals surface area contributed by atoms with Crippen LogP contribution in [0.5, 0.6) is 0 Å². The van der Waals surface area contributed by atoms with Gasteiger partial charge in [0.05, 0.1) is 5.41 Å². The monoisotopic (exact) mass is 292 g/mol. The molecule has 2 unspecified atom stereocenters. The van der Waals surface area contributed by atoms with Gasteiger partial charge in [-0.1, -0.05) is 18.3 Å². The van der Waals surface area contributed by atoms with Crippen molar-refractivity contribution in [3.8, 4) is 0 Å².